The minimum atomic E-state index is -4.13. The number of aliphatic carboxylic acids is 1. The summed E-state index contributed by atoms with van der Waals surface area (Å²) in [5.41, 5.74) is 1.06. The minimum Gasteiger partial charge on any atom is -0.477 e. The molecule has 1 aromatic heterocycles. The predicted molar refractivity (Wildman–Crippen MR) is 125 cm³/mol. The number of carboxylic acids is 1. The number of hydrogen-bond acceptors (Lipinski definition) is 5. The van der Waals surface area contributed by atoms with E-state index in [0.717, 1.165) is 11.6 Å². The zero-order chi connectivity index (χ0) is 23.8. The number of sulfone groups is 1. The Bertz CT molecular complexity index is 1380. The summed E-state index contributed by atoms with van der Waals surface area (Å²) in [6.45, 7) is 3.50. The molecule has 1 heterocycles. The topological polar surface area (TPSA) is 114 Å². The number of aryl methyl sites for hydroxylation is 1. The average molecular weight is 561 g/mol. The molecule has 0 amide bonds. The van der Waals surface area contributed by atoms with E-state index in [9.17, 15) is 23.1 Å². The molecule has 32 heavy (non-hydrogen) atoms. The molecular formula is C21H16BrCl2NO6S. The molecule has 0 saturated heterocycles. The molecule has 0 atom stereocenters. The standard InChI is InChI=1S/C21H16BrCl2NO6S/c1-3-31-21(28)18-12(8-13(22)20(26)27)16-15(25-18)9-14(23)19(17(16)24)32(29,30)11-6-4-10(2)5-7-11/h4-9,25H,3H2,1-2H3,(H,26,27)/b13-8-. The molecule has 3 rings (SSSR count). The summed E-state index contributed by atoms with van der Waals surface area (Å²) in [4.78, 5) is 26.3. The molecule has 0 saturated carbocycles. The monoisotopic (exact) mass is 559 g/mol. The number of carbonyl (C=O) groups excluding carboxylic acids is 1. The van der Waals surface area contributed by atoms with Crippen LogP contribution in [0.5, 0.6) is 0 Å². The van der Waals surface area contributed by atoms with Gasteiger partial charge in [0.25, 0.3) is 0 Å². The number of esters is 1. The molecule has 0 fully saturated rings. The van der Waals surface area contributed by atoms with Gasteiger partial charge in [0.15, 0.2) is 0 Å². The van der Waals surface area contributed by atoms with Gasteiger partial charge in [-0.15, -0.1) is 0 Å². The fourth-order valence-corrected chi connectivity index (χ4v) is 5.85. The maximum absolute atomic E-state index is 13.3. The summed E-state index contributed by atoms with van der Waals surface area (Å²) in [7, 11) is -4.13. The van der Waals surface area contributed by atoms with E-state index >= 15 is 0 Å². The van der Waals surface area contributed by atoms with Crippen LogP contribution in [0.2, 0.25) is 10.0 Å². The largest absolute Gasteiger partial charge is 0.477 e. The predicted octanol–water partition coefficient (Wildman–Crippen LogP) is 5.61. The van der Waals surface area contributed by atoms with Gasteiger partial charge in [-0.2, -0.15) is 0 Å². The molecule has 0 aliphatic rings. The van der Waals surface area contributed by atoms with Crippen LogP contribution >= 0.6 is 39.1 Å². The first-order chi connectivity index (χ1) is 15.0. The van der Waals surface area contributed by atoms with Gasteiger partial charge in [-0.05, 0) is 54.1 Å². The zero-order valence-corrected chi connectivity index (χ0v) is 20.6. The second-order valence-electron chi connectivity index (χ2n) is 6.67. The lowest BCUT2D eigenvalue weighted by atomic mass is 10.1. The average Bonchev–Trinajstić information content (AvgIpc) is 3.06. The molecule has 7 nitrogen and oxygen atoms in total. The number of fused-ring (bicyclic) bond motifs is 1. The van der Waals surface area contributed by atoms with Crippen LogP contribution in [-0.2, 0) is 19.4 Å². The fraction of sp³-hybridized carbons (Fsp3) is 0.143. The Kier molecular flexibility index (Phi) is 7.04. The Morgan fingerprint density at radius 1 is 1.22 bits per heavy atom. The van der Waals surface area contributed by atoms with E-state index in [2.05, 4.69) is 20.9 Å². The van der Waals surface area contributed by atoms with Crippen molar-refractivity contribution in [1.82, 2.24) is 4.98 Å². The number of carboxylic acid groups (broad SMARTS) is 1. The van der Waals surface area contributed by atoms with E-state index in [4.69, 9.17) is 27.9 Å². The van der Waals surface area contributed by atoms with E-state index in [0.29, 0.717) is 0 Å². The van der Waals surface area contributed by atoms with Crippen molar-refractivity contribution in [1.29, 1.82) is 0 Å². The van der Waals surface area contributed by atoms with E-state index in [1.54, 1.807) is 19.1 Å². The van der Waals surface area contributed by atoms with Gasteiger partial charge < -0.3 is 14.8 Å². The van der Waals surface area contributed by atoms with Crippen LogP contribution in [0.4, 0.5) is 0 Å². The highest BCUT2D eigenvalue weighted by molar-refractivity contribution is 9.12. The minimum absolute atomic E-state index is 0.0174. The van der Waals surface area contributed by atoms with Crippen LogP contribution in [0.15, 0.2) is 44.6 Å². The molecule has 2 N–H and O–H groups in total. The van der Waals surface area contributed by atoms with Crippen molar-refractivity contribution in [3.8, 4) is 0 Å². The number of aromatic nitrogens is 1. The number of ether oxygens (including phenoxy) is 1. The molecule has 3 aromatic rings. The number of H-pyrrole nitrogens is 1. The molecular weight excluding hydrogens is 545 g/mol. The van der Waals surface area contributed by atoms with Crippen LogP contribution in [0, 0.1) is 6.92 Å². The number of hydrogen-bond donors (Lipinski definition) is 2. The van der Waals surface area contributed by atoms with Gasteiger partial charge in [-0.25, -0.2) is 18.0 Å². The van der Waals surface area contributed by atoms with E-state index in [-0.39, 0.29) is 53.1 Å². The van der Waals surface area contributed by atoms with Crippen LogP contribution in [0.3, 0.4) is 0 Å². The quantitative estimate of drug-likeness (QED) is 0.299. The maximum Gasteiger partial charge on any atom is 0.355 e. The summed E-state index contributed by atoms with van der Waals surface area (Å²) in [5.74, 6) is -2.07. The van der Waals surface area contributed by atoms with Gasteiger partial charge in [-0.3, -0.25) is 0 Å². The van der Waals surface area contributed by atoms with E-state index < -0.39 is 21.8 Å². The number of benzene rings is 2. The molecule has 168 valence electrons. The molecule has 0 unspecified atom stereocenters. The Labute approximate surface area is 202 Å². The Morgan fingerprint density at radius 2 is 1.84 bits per heavy atom. The number of aromatic amines is 1. The molecule has 0 aliphatic carbocycles. The van der Waals surface area contributed by atoms with Gasteiger partial charge >= 0.3 is 11.9 Å². The third-order valence-electron chi connectivity index (χ3n) is 4.53. The second kappa shape index (κ2) is 9.27. The van der Waals surface area contributed by atoms with Crippen LogP contribution < -0.4 is 0 Å². The summed E-state index contributed by atoms with van der Waals surface area (Å²) in [6, 6.07) is 7.47. The highest BCUT2D eigenvalue weighted by Crippen LogP contribution is 2.42. The van der Waals surface area contributed by atoms with Gasteiger partial charge in [0.1, 0.15) is 15.1 Å². The Morgan fingerprint density at radius 3 is 2.41 bits per heavy atom. The molecule has 0 bridgehead atoms. The zero-order valence-electron chi connectivity index (χ0n) is 16.7. The van der Waals surface area contributed by atoms with Crippen molar-refractivity contribution in [3.05, 3.63) is 61.7 Å². The van der Waals surface area contributed by atoms with E-state index in [1.807, 2.05) is 6.92 Å². The molecule has 0 spiro atoms. The van der Waals surface area contributed by atoms with Crippen LogP contribution in [0.25, 0.3) is 17.0 Å². The van der Waals surface area contributed by atoms with Crippen molar-refractivity contribution < 1.29 is 27.9 Å². The van der Waals surface area contributed by atoms with Gasteiger partial charge in [-0.1, -0.05) is 40.9 Å². The van der Waals surface area contributed by atoms with Crippen molar-refractivity contribution in [2.75, 3.05) is 6.61 Å². The first-order valence-corrected chi connectivity index (χ1v) is 12.1. The lowest BCUT2D eigenvalue weighted by Crippen LogP contribution is -2.07. The summed E-state index contributed by atoms with van der Waals surface area (Å²) >= 11 is 15.8. The van der Waals surface area contributed by atoms with Crippen LogP contribution in [0.1, 0.15) is 28.5 Å². The van der Waals surface area contributed by atoms with E-state index in [1.165, 1.54) is 18.2 Å². The highest BCUT2D eigenvalue weighted by atomic mass is 79.9. The van der Waals surface area contributed by atoms with Crippen molar-refractivity contribution in [2.24, 2.45) is 0 Å². The molecule has 0 aliphatic heterocycles. The smallest absolute Gasteiger partial charge is 0.355 e. The van der Waals surface area contributed by atoms with Gasteiger partial charge in [0.2, 0.25) is 9.84 Å². The second-order valence-corrected chi connectivity index (χ2v) is 10.2. The number of rotatable bonds is 6. The SMILES string of the molecule is CCOC(=O)c1[nH]c2cc(Cl)c(S(=O)(=O)c3ccc(C)cc3)c(Cl)c2c1/C=C(\Br)C(=O)O. The number of carbonyl (C=O) groups is 2. The number of nitrogens with one attached hydrogen (secondary N) is 1. The molecule has 0 radical (unpaired) electrons. The van der Waals surface area contributed by atoms with Crippen molar-refractivity contribution in [3.63, 3.8) is 0 Å². The first-order valence-electron chi connectivity index (χ1n) is 9.12. The van der Waals surface area contributed by atoms with Crippen LogP contribution in [-0.4, -0.2) is 37.1 Å². The number of halogens is 3. The third kappa shape index (κ3) is 4.43. The maximum atomic E-state index is 13.3. The van der Waals surface area contributed by atoms with Gasteiger partial charge in [0.05, 0.1) is 21.5 Å². The lowest BCUT2D eigenvalue weighted by molar-refractivity contribution is -0.131. The van der Waals surface area contributed by atoms with Crippen molar-refractivity contribution >= 4 is 77.9 Å². The normalized spacial score (nSPS) is 12.2. The third-order valence-corrected chi connectivity index (χ3v) is 7.85. The summed E-state index contributed by atoms with van der Waals surface area (Å²) in [5, 5.41) is 8.96. The molecule has 11 heteroatoms. The highest BCUT2D eigenvalue weighted by Gasteiger charge is 2.29. The lowest BCUT2D eigenvalue weighted by Gasteiger charge is -2.11. The summed E-state index contributed by atoms with van der Waals surface area (Å²) in [6.07, 6.45) is 1.15. The first kappa shape index (κ1) is 24.3. The summed E-state index contributed by atoms with van der Waals surface area (Å²) < 4.78 is 31.4. The van der Waals surface area contributed by atoms with Gasteiger partial charge in [0, 0.05) is 16.5 Å². The van der Waals surface area contributed by atoms with Crippen molar-refractivity contribution in [2.45, 2.75) is 23.6 Å². The Balaban J connectivity index is 2.39. The fourth-order valence-electron chi connectivity index (χ4n) is 3.07. The Hall–Kier alpha value is -2.33. The molecule has 2 aromatic carbocycles.